The van der Waals surface area contributed by atoms with Crippen molar-refractivity contribution in [2.45, 2.75) is 20.4 Å². The molecule has 106 valence electrons. The van der Waals surface area contributed by atoms with Gasteiger partial charge in [-0.2, -0.15) is 0 Å². The molecule has 0 unspecified atom stereocenters. The summed E-state index contributed by atoms with van der Waals surface area (Å²) in [5.41, 5.74) is 4.70. The molecule has 0 aliphatic heterocycles. The summed E-state index contributed by atoms with van der Waals surface area (Å²) < 4.78 is 1.72. The Hall–Kier alpha value is -2.69. The summed E-state index contributed by atoms with van der Waals surface area (Å²) in [6.07, 6.45) is 3.38. The number of hydrogen-bond donors (Lipinski definition) is 1. The van der Waals surface area contributed by atoms with Crippen molar-refractivity contribution >= 4 is 17.0 Å². The van der Waals surface area contributed by atoms with Gasteiger partial charge in [0.05, 0.1) is 11.0 Å². The van der Waals surface area contributed by atoms with Gasteiger partial charge < -0.3 is 9.67 Å². The minimum absolute atomic E-state index is 0.122. The predicted molar refractivity (Wildman–Crippen MR) is 80.1 cm³/mol. The second-order valence-corrected chi connectivity index (χ2v) is 5.08. The maximum Gasteiger partial charge on any atom is 0.323 e. The molecule has 0 fully saturated rings. The molecule has 3 aromatic rings. The number of benzene rings is 1. The highest BCUT2D eigenvalue weighted by atomic mass is 16.4. The second kappa shape index (κ2) is 5.01. The van der Waals surface area contributed by atoms with Crippen LogP contribution >= 0.6 is 0 Å². The van der Waals surface area contributed by atoms with Crippen LogP contribution in [0.2, 0.25) is 0 Å². The summed E-state index contributed by atoms with van der Waals surface area (Å²) in [6.45, 7) is 3.91. The van der Waals surface area contributed by atoms with Crippen LogP contribution in [-0.2, 0) is 11.3 Å². The van der Waals surface area contributed by atoms with Gasteiger partial charge in [-0.05, 0) is 49.2 Å². The Morgan fingerprint density at radius 1 is 1.29 bits per heavy atom. The molecule has 0 saturated heterocycles. The van der Waals surface area contributed by atoms with Gasteiger partial charge in [0.2, 0.25) is 0 Å². The normalized spacial score (nSPS) is 11.0. The Balaban J connectivity index is 2.30. The fourth-order valence-corrected chi connectivity index (χ4v) is 2.39. The molecule has 2 heterocycles. The lowest BCUT2D eigenvalue weighted by Crippen LogP contribution is -2.10. The van der Waals surface area contributed by atoms with Crippen LogP contribution in [0.5, 0.6) is 0 Å². The van der Waals surface area contributed by atoms with E-state index in [-0.39, 0.29) is 6.54 Å². The number of aromatic nitrogens is 3. The largest absolute Gasteiger partial charge is 0.480 e. The summed E-state index contributed by atoms with van der Waals surface area (Å²) in [6, 6.07) is 7.67. The van der Waals surface area contributed by atoms with E-state index in [2.05, 4.69) is 9.97 Å². The lowest BCUT2D eigenvalue weighted by Gasteiger charge is -2.07. The molecule has 3 rings (SSSR count). The molecule has 1 N–H and O–H groups in total. The number of nitrogens with zero attached hydrogens (tertiary/aromatic N) is 3. The Kier molecular flexibility index (Phi) is 3.17. The fraction of sp³-hybridized carbons (Fsp3) is 0.188. The Labute approximate surface area is 121 Å². The Morgan fingerprint density at radius 3 is 2.71 bits per heavy atom. The second-order valence-electron chi connectivity index (χ2n) is 5.08. The number of pyridine rings is 1. The van der Waals surface area contributed by atoms with Gasteiger partial charge in [-0.25, -0.2) is 4.98 Å². The predicted octanol–water partition coefficient (Wildman–Crippen LogP) is 2.80. The topological polar surface area (TPSA) is 68.0 Å². The standard InChI is InChI=1S/C16H15N3O2/c1-10-6-13-14(7-11(10)2)19(9-15(20)21)16(18-13)12-4-3-5-17-8-12/h3-8H,9H2,1-2H3,(H,20,21). The van der Waals surface area contributed by atoms with E-state index < -0.39 is 5.97 Å². The molecular weight excluding hydrogens is 266 g/mol. The number of carboxylic acids is 1. The van der Waals surface area contributed by atoms with Gasteiger partial charge in [0.1, 0.15) is 12.4 Å². The quantitative estimate of drug-likeness (QED) is 0.801. The third-order valence-electron chi connectivity index (χ3n) is 3.58. The van der Waals surface area contributed by atoms with Gasteiger partial charge in [-0.1, -0.05) is 0 Å². The first kappa shape index (κ1) is 13.3. The number of fused-ring (bicyclic) bond motifs is 1. The van der Waals surface area contributed by atoms with Crippen molar-refractivity contribution < 1.29 is 9.90 Å². The van der Waals surface area contributed by atoms with Crippen molar-refractivity contribution in [1.82, 2.24) is 14.5 Å². The van der Waals surface area contributed by atoms with Crippen LogP contribution in [0.4, 0.5) is 0 Å². The number of aliphatic carboxylic acids is 1. The molecule has 0 radical (unpaired) electrons. The van der Waals surface area contributed by atoms with E-state index in [1.807, 2.05) is 38.1 Å². The van der Waals surface area contributed by atoms with Gasteiger partial charge in [-0.3, -0.25) is 9.78 Å². The lowest BCUT2D eigenvalue weighted by atomic mass is 10.1. The highest BCUT2D eigenvalue weighted by molar-refractivity contribution is 5.84. The first-order valence-electron chi connectivity index (χ1n) is 6.66. The van der Waals surface area contributed by atoms with Crippen molar-refractivity contribution in [1.29, 1.82) is 0 Å². The van der Waals surface area contributed by atoms with Crippen LogP contribution < -0.4 is 0 Å². The number of carbonyl (C=O) groups is 1. The van der Waals surface area contributed by atoms with Crippen LogP contribution in [0.15, 0.2) is 36.7 Å². The van der Waals surface area contributed by atoms with E-state index in [1.54, 1.807) is 17.0 Å². The molecule has 0 spiro atoms. The van der Waals surface area contributed by atoms with Gasteiger partial charge in [0.15, 0.2) is 0 Å². The van der Waals surface area contributed by atoms with Crippen molar-refractivity contribution in [3.63, 3.8) is 0 Å². The molecule has 0 aliphatic carbocycles. The van der Waals surface area contributed by atoms with Gasteiger partial charge in [-0.15, -0.1) is 0 Å². The highest BCUT2D eigenvalue weighted by Gasteiger charge is 2.15. The Bertz CT molecular complexity index is 822. The van der Waals surface area contributed by atoms with Crippen LogP contribution in [0.25, 0.3) is 22.4 Å². The summed E-state index contributed by atoms with van der Waals surface area (Å²) in [5.74, 6) is -0.261. The average Bonchev–Trinajstić information content (AvgIpc) is 2.78. The maximum atomic E-state index is 11.2. The van der Waals surface area contributed by atoms with Crippen molar-refractivity contribution in [2.75, 3.05) is 0 Å². The van der Waals surface area contributed by atoms with Gasteiger partial charge >= 0.3 is 5.97 Å². The average molecular weight is 281 g/mol. The molecule has 0 amide bonds. The maximum absolute atomic E-state index is 11.2. The number of hydrogen-bond acceptors (Lipinski definition) is 3. The SMILES string of the molecule is Cc1cc2nc(-c3cccnc3)n(CC(=O)O)c2cc1C. The van der Waals surface area contributed by atoms with E-state index in [0.717, 1.165) is 27.7 Å². The van der Waals surface area contributed by atoms with Crippen molar-refractivity contribution in [3.05, 3.63) is 47.8 Å². The first-order chi connectivity index (χ1) is 10.1. The molecule has 0 atom stereocenters. The zero-order chi connectivity index (χ0) is 15.0. The summed E-state index contributed by atoms with van der Waals surface area (Å²) >= 11 is 0. The molecule has 1 aromatic carbocycles. The zero-order valence-electron chi connectivity index (χ0n) is 11.9. The zero-order valence-corrected chi connectivity index (χ0v) is 11.9. The van der Waals surface area contributed by atoms with Gasteiger partial charge in [0.25, 0.3) is 0 Å². The number of imidazole rings is 1. The molecular formula is C16H15N3O2. The molecule has 0 bridgehead atoms. The van der Waals surface area contributed by atoms with E-state index in [1.165, 1.54) is 0 Å². The number of rotatable bonds is 3. The number of aryl methyl sites for hydroxylation is 2. The molecule has 5 nitrogen and oxygen atoms in total. The first-order valence-corrected chi connectivity index (χ1v) is 6.66. The minimum atomic E-state index is -0.891. The van der Waals surface area contributed by atoms with Gasteiger partial charge in [0, 0.05) is 18.0 Å². The van der Waals surface area contributed by atoms with Crippen LogP contribution in [0.1, 0.15) is 11.1 Å². The van der Waals surface area contributed by atoms with Crippen LogP contribution in [0.3, 0.4) is 0 Å². The molecule has 21 heavy (non-hydrogen) atoms. The van der Waals surface area contributed by atoms with E-state index >= 15 is 0 Å². The van der Waals surface area contributed by atoms with Crippen molar-refractivity contribution in [3.8, 4) is 11.4 Å². The third-order valence-corrected chi connectivity index (χ3v) is 3.58. The molecule has 0 aliphatic rings. The van der Waals surface area contributed by atoms with E-state index in [4.69, 9.17) is 0 Å². The molecule has 5 heteroatoms. The highest BCUT2D eigenvalue weighted by Crippen LogP contribution is 2.26. The van der Waals surface area contributed by atoms with E-state index in [9.17, 15) is 9.90 Å². The van der Waals surface area contributed by atoms with E-state index in [0.29, 0.717) is 5.82 Å². The minimum Gasteiger partial charge on any atom is -0.480 e. The summed E-state index contributed by atoms with van der Waals surface area (Å²) in [4.78, 5) is 19.9. The van der Waals surface area contributed by atoms with Crippen LogP contribution in [0, 0.1) is 13.8 Å². The van der Waals surface area contributed by atoms with Crippen molar-refractivity contribution in [2.24, 2.45) is 0 Å². The number of carboxylic acid groups (broad SMARTS) is 1. The third kappa shape index (κ3) is 2.38. The lowest BCUT2D eigenvalue weighted by molar-refractivity contribution is -0.137. The summed E-state index contributed by atoms with van der Waals surface area (Å²) in [7, 11) is 0. The monoisotopic (exact) mass is 281 g/mol. The Morgan fingerprint density at radius 2 is 2.05 bits per heavy atom. The smallest absolute Gasteiger partial charge is 0.323 e. The molecule has 2 aromatic heterocycles. The van der Waals surface area contributed by atoms with Crippen LogP contribution in [-0.4, -0.2) is 25.6 Å². The molecule has 0 saturated carbocycles. The fourth-order valence-electron chi connectivity index (χ4n) is 2.39. The summed E-state index contributed by atoms with van der Waals surface area (Å²) in [5, 5.41) is 9.18.